The van der Waals surface area contributed by atoms with Crippen molar-refractivity contribution in [2.45, 2.75) is 6.04 Å². The van der Waals surface area contributed by atoms with Crippen molar-refractivity contribution in [1.29, 1.82) is 0 Å². The largest absolute Gasteiger partial charge is 0.475 e. The van der Waals surface area contributed by atoms with Gasteiger partial charge in [-0.1, -0.05) is 41.9 Å². The van der Waals surface area contributed by atoms with Gasteiger partial charge in [-0.2, -0.15) is 0 Å². The lowest BCUT2D eigenvalue weighted by Crippen LogP contribution is -2.02. The van der Waals surface area contributed by atoms with E-state index in [-0.39, 0.29) is 6.04 Å². The smallest absolute Gasteiger partial charge is 0.217 e. The van der Waals surface area contributed by atoms with Crippen LogP contribution < -0.4 is 0 Å². The summed E-state index contributed by atoms with van der Waals surface area (Å²) in [4.78, 5) is 9.11. The van der Waals surface area contributed by atoms with Gasteiger partial charge in [-0.15, -0.1) is 0 Å². The zero-order chi connectivity index (χ0) is 14.9. The first-order valence-corrected chi connectivity index (χ1v) is 7.49. The predicted octanol–water partition coefficient (Wildman–Crippen LogP) is 4.41. The third kappa shape index (κ3) is 2.34. The number of aromatic nitrogens is 1. The van der Waals surface area contributed by atoms with E-state index in [1.54, 1.807) is 6.20 Å². The summed E-state index contributed by atoms with van der Waals surface area (Å²) in [5, 5.41) is 1.78. The summed E-state index contributed by atoms with van der Waals surface area (Å²) in [6.45, 7) is 0.549. The van der Waals surface area contributed by atoms with Crippen LogP contribution >= 0.6 is 11.6 Å². The highest BCUT2D eigenvalue weighted by molar-refractivity contribution is 6.30. The SMILES string of the molecule is Clc1ccc(C2COC(c3ccnc4ccccc34)=N2)cc1. The standard InChI is InChI=1S/C18H13ClN2O/c19-13-7-5-12(6-8-13)17-11-22-18(21-17)15-9-10-20-16-4-2-1-3-14(15)16/h1-10,17H,11H2. The summed E-state index contributed by atoms with van der Waals surface area (Å²) in [5.41, 5.74) is 3.04. The van der Waals surface area contributed by atoms with E-state index in [0.717, 1.165) is 27.1 Å². The molecule has 1 aliphatic heterocycles. The van der Waals surface area contributed by atoms with E-state index in [9.17, 15) is 0 Å². The van der Waals surface area contributed by atoms with Crippen LogP contribution in [0.4, 0.5) is 0 Å². The molecule has 2 aromatic carbocycles. The van der Waals surface area contributed by atoms with Gasteiger partial charge in [0, 0.05) is 22.2 Å². The van der Waals surface area contributed by atoms with E-state index in [0.29, 0.717) is 12.5 Å². The Bertz CT molecular complexity index is 853. The molecule has 108 valence electrons. The molecule has 1 aliphatic rings. The fourth-order valence-corrected chi connectivity index (χ4v) is 2.79. The summed E-state index contributed by atoms with van der Waals surface area (Å²) in [6.07, 6.45) is 1.79. The average molecular weight is 309 g/mol. The van der Waals surface area contributed by atoms with Gasteiger partial charge < -0.3 is 4.74 Å². The maximum atomic E-state index is 5.93. The summed E-state index contributed by atoms with van der Waals surface area (Å²) in [7, 11) is 0. The molecule has 0 spiro atoms. The van der Waals surface area contributed by atoms with Gasteiger partial charge in [-0.25, -0.2) is 4.99 Å². The zero-order valence-corrected chi connectivity index (χ0v) is 12.5. The van der Waals surface area contributed by atoms with E-state index >= 15 is 0 Å². The van der Waals surface area contributed by atoms with E-state index in [2.05, 4.69) is 4.98 Å². The molecular formula is C18H13ClN2O. The Balaban J connectivity index is 1.73. The second kappa shape index (κ2) is 5.43. The summed E-state index contributed by atoms with van der Waals surface area (Å²) >= 11 is 5.93. The first-order chi connectivity index (χ1) is 10.8. The van der Waals surface area contributed by atoms with Crippen LogP contribution in [0.3, 0.4) is 0 Å². The zero-order valence-electron chi connectivity index (χ0n) is 11.7. The molecule has 0 fully saturated rings. The lowest BCUT2D eigenvalue weighted by atomic mass is 10.1. The topological polar surface area (TPSA) is 34.5 Å². The third-order valence-electron chi connectivity index (χ3n) is 3.79. The van der Waals surface area contributed by atoms with Crippen LogP contribution in [-0.2, 0) is 4.74 Å². The molecule has 0 saturated heterocycles. The quantitative estimate of drug-likeness (QED) is 0.703. The molecule has 22 heavy (non-hydrogen) atoms. The van der Waals surface area contributed by atoms with Crippen LogP contribution in [0.1, 0.15) is 17.2 Å². The second-order valence-corrected chi connectivity index (χ2v) is 5.62. The van der Waals surface area contributed by atoms with Crippen molar-refractivity contribution in [2.75, 3.05) is 6.61 Å². The minimum atomic E-state index is 0.0131. The highest BCUT2D eigenvalue weighted by Crippen LogP contribution is 2.28. The normalized spacial score (nSPS) is 17.3. The summed E-state index contributed by atoms with van der Waals surface area (Å²) in [6, 6.07) is 17.7. The molecule has 4 rings (SSSR count). The number of halogens is 1. The van der Waals surface area contributed by atoms with E-state index in [1.807, 2.05) is 54.6 Å². The van der Waals surface area contributed by atoms with Crippen molar-refractivity contribution in [3.63, 3.8) is 0 Å². The van der Waals surface area contributed by atoms with Crippen molar-refractivity contribution < 1.29 is 4.74 Å². The number of ether oxygens (including phenoxy) is 1. The van der Waals surface area contributed by atoms with Crippen LogP contribution in [-0.4, -0.2) is 17.5 Å². The van der Waals surface area contributed by atoms with Crippen molar-refractivity contribution >= 4 is 28.4 Å². The second-order valence-electron chi connectivity index (χ2n) is 5.19. The van der Waals surface area contributed by atoms with E-state index < -0.39 is 0 Å². The predicted molar refractivity (Wildman–Crippen MR) is 88.4 cm³/mol. The summed E-state index contributed by atoms with van der Waals surface area (Å²) < 4.78 is 5.83. The number of benzene rings is 2. The van der Waals surface area contributed by atoms with Gasteiger partial charge in [-0.05, 0) is 29.8 Å². The molecule has 0 amide bonds. The molecule has 0 N–H and O–H groups in total. The van der Waals surface area contributed by atoms with Gasteiger partial charge in [-0.3, -0.25) is 4.98 Å². The Morgan fingerprint density at radius 3 is 2.68 bits per heavy atom. The first-order valence-electron chi connectivity index (χ1n) is 7.11. The average Bonchev–Trinajstić information content (AvgIpc) is 3.05. The minimum Gasteiger partial charge on any atom is -0.475 e. The van der Waals surface area contributed by atoms with Gasteiger partial charge in [0.05, 0.1) is 5.52 Å². The number of rotatable bonds is 2. The number of nitrogens with zero attached hydrogens (tertiary/aromatic N) is 2. The van der Waals surface area contributed by atoms with E-state index in [1.165, 1.54) is 0 Å². The molecule has 0 aliphatic carbocycles. The number of fused-ring (bicyclic) bond motifs is 1. The first kappa shape index (κ1) is 13.3. The lowest BCUT2D eigenvalue weighted by Gasteiger charge is -2.05. The molecule has 3 aromatic rings. The highest BCUT2D eigenvalue weighted by Gasteiger charge is 2.22. The van der Waals surface area contributed by atoms with Crippen molar-refractivity contribution in [3.05, 3.63) is 76.9 Å². The third-order valence-corrected chi connectivity index (χ3v) is 4.04. The molecule has 0 saturated carbocycles. The number of para-hydroxylation sites is 1. The number of aliphatic imine (C=N–C) groups is 1. The molecule has 1 atom stereocenters. The van der Waals surface area contributed by atoms with Gasteiger partial charge in [0.15, 0.2) is 0 Å². The number of hydrogen-bond donors (Lipinski definition) is 0. The Morgan fingerprint density at radius 2 is 1.82 bits per heavy atom. The van der Waals surface area contributed by atoms with Crippen LogP contribution in [0, 0.1) is 0 Å². The van der Waals surface area contributed by atoms with Gasteiger partial charge in [0.1, 0.15) is 12.6 Å². The van der Waals surface area contributed by atoms with Gasteiger partial charge >= 0.3 is 0 Å². The Labute approximate surface area is 133 Å². The lowest BCUT2D eigenvalue weighted by molar-refractivity contribution is 0.320. The fraction of sp³-hybridized carbons (Fsp3) is 0.111. The Hall–Kier alpha value is -2.39. The van der Waals surface area contributed by atoms with Crippen LogP contribution in [0.5, 0.6) is 0 Å². The van der Waals surface area contributed by atoms with Crippen molar-refractivity contribution in [1.82, 2.24) is 4.98 Å². The molecule has 3 nitrogen and oxygen atoms in total. The Morgan fingerprint density at radius 1 is 1.00 bits per heavy atom. The molecule has 1 aromatic heterocycles. The molecule has 0 radical (unpaired) electrons. The van der Waals surface area contributed by atoms with Crippen LogP contribution in [0.15, 0.2) is 65.8 Å². The van der Waals surface area contributed by atoms with Gasteiger partial charge in [0.25, 0.3) is 0 Å². The Kier molecular flexibility index (Phi) is 3.28. The van der Waals surface area contributed by atoms with Crippen molar-refractivity contribution in [3.8, 4) is 0 Å². The number of hydrogen-bond acceptors (Lipinski definition) is 3. The van der Waals surface area contributed by atoms with Crippen LogP contribution in [0.25, 0.3) is 10.9 Å². The maximum absolute atomic E-state index is 5.93. The molecule has 0 bridgehead atoms. The highest BCUT2D eigenvalue weighted by atomic mass is 35.5. The fourth-order valence-electron chi connectivity index (χ4n) is 2.66. The van der Waals surface area contributed by atoms with E-state index in [4.69, 9.17) is 21.3 Å². The van der Waals surface area contributed by atoms with Crippen molar-refractivity contribution in [2.24, 2.45) is 4.99 Å². The molecule has 4 heteroatoms. The molecule has 1 unspecified atom stereocenters. The summed E-state index contributed by atoms with van der Waals surface area (Å²) in [5.74, 6) is 0.679. The van der Waals surface area contributed by atoms with Gasteiger partial charge in [0.2, 0.25) is 5.90 Å². The van der Waals surface area contributed by atoms with Crippen LogP contribution in [0.2, 0.25) is 5.02 Å². The molecule has 2 heterocycles. The number of pyridine rings is 1. The molecular weight excluding hydrogens is 296 g/mol. The minimum absolute atomic E-state index is 0.0131. The maximum Gasteiger partial charge on any atom is 0.217 e. The monoisotopic (exact) mass is 308 g/mol.